The second kappa shape index (κ2) is 6.98. The molecule has 0 spiro atoms. The Morgan fingerprint density at radius 3 is 2.75 bits per heavy atom. The summed E-state index contributed by atoms with van der Waals surface area (Å²) in [6, 6.07) is 7.22. The van der Waals surface area contributed by atoms with Crippen LogP contribution in [0.1, 0.15) is 10.4 Å². The van der Waals surface area contributed by atoms with Crippen molar-refractivity contribution >= 4 is 27.2 Å². The van der Waals surface area contributed by atoms with Crippen molar-refractivity contribution in [2.75, 3.05) is 19.5 Å². The summed E-state index contributed by atoms with van der Waals surface area (Å²) in [6.07, 6.45) is 0. The van der Waals surface area contributed by atoms with E-state index in [1.807, 2.05) is 12.1 Å². The lowest BCUT2D eigenvalue weighted by Gasteiger charge is -2.12. The van der Waals surface area contributed by atoms with E-state index in [1.165, 1.54) is 0 Å². The molecule has 8 heteroatoms. The molecule has 126 valence electrons. The maximum Gasteiger partial charge on any atom is 0.251 e. The fourth-order valence-electron chi connectivity index (χ4n) is 2.35. The molecular weight excluding hydrogens is 333 g/mol. The topological polar surface area (TPSA) is 76.5 Å². The number of benzene rings is 1. The third-order valence-electron chi connectivity index (χ3n) is 3.56. The van der Waals surface area contributed by atoms with E-state index in [9.17, 15) is 9.50 Å². The molecule has 3 rings (SSSR count). The Morgan fingerprint density at radius 2 is 2.04 bits per heavy atom. The molecule has 0 fully saturated rings. The van der Waals surface area contributed by atoms with Crippen LogP contribution in [0.25, 0.3) is 10.1 Å². The predicted octanol–water partition coefficient (Wildman–Crippen LogP) is 2.95. The molecule has 2 aromatic heterocycles. The first-order valence-corrected chi connectivity index (χ1v) is 7.98. The van der Waals surface area contributed by atoms with Gasteiger partial charge in [0.15, 0.2) is 5.82 Å². The van der Waals surface area contributed by atoms with Crippen molar-refractivity contribution in [1.29, 1.82) is 0 Å². The van der Waals surface area contributed by atoms with Crippen molar-refractivity contribution in [2.24, 2.45) is 0 Å². The molecule has 0 atom stereocenters. The average Bonchev–Trinajstić information content (AvgIpc) is 3.06. The van der Waals surface area contributed by atoms with Gasteiger partial charge in [0.1, 0.15) is 11.5 Å². The van der Waals surface area contributed by atoms with Crippen LogP contribution in [0.3, 0.4) is 0 Å². The van der Waals surface area contributed by atoms with Crippen LogP contribution < -0.4 is 14.8 Å². The van der Waals surface area contributed by atoms with Crippen molar-refractivity contribution < 1.29 is 19.0 Å². The normalized spacial score (nSPS) is 10.8. The zero-order chi connectivity index (χ0) is 17.1. The van der Waals surface area contributed by atoms with Crippen LogP contribution in [0, 0.1) is 5.95 Å². The summed E-state index contributed by atoms with van der Waals surface area (Å²) in [7, 11) is 3.17. The van der Waals surface area contributed by atoms with Gasteiger partial charge in [0, 0.05) is 28.4 Å². The molecule has 24 heavy (non-hydrogen) atoms. The minimum atomic E-state index is -0.637. The van der Waals surface area contributed by atoms with Gasteiger partial charge >= 0.3 is 0 Å². The summed E-state index contributed by atoms with van der Waals surface area (Å²) in [6.45, 7) is 0.275. The molecule has 0 aliphatic heterocycles. The number of thiophene rings is 1. The maximum atomic E-state index is 13.8. The predicted molar refractivity (Wildman–Crippen MR) is 90.2 cm³/mol. The van der Waals surface area contributed by atoms with Gasteiger partial charge in [-0.25, -0.2) is 0 Å². The Bertz CT molecular complexity index is 869. The van der Waals surface area contributed by atoms with Crippen molar-refractivity contribution in [3.8, 4) is 11.5 Å². The van der Waals surface area contributed by atoms with E-state index in [1.54, 1.807) is 26.4 Å². The van der Waals surface area contributed by atoms with E-state index in [0.717, 1.165) is 16.9 Å². The molecule has 3 aromatic rings. The fraction of sp³-hybridized carbons (Fsp3) is 0.250. The number of fused-ring (bicyclic) bond motifs is 1. The van der Waals surface area contributed by atoms with Crippen LogP contribution in [0.4, 0.5) is 10.2 Å². The number of anilines is 1. The Labute approximate surface area is 141 Å². The van der Waals surface area contributed by atoms with Crippen molar-refractivity contribution in [3.05, 3.63) is 40.7 Å². The lowest BCUT2D eigenvalue weighted by molar-refractivity contribution is 0.285. The van der Waals surface area contributed by atoms with Gasteiger partial charge in [-0.2, -0.15) is 4.39 Å². The molecule has 6 nitrogen and oxygen atoms in total. The van der Waals surface area contributed by atoms with Gasteiger partial charge in [0.05, 0.1) is 25.5 Å². The molecule has 0 saturated heterocycles. The molecular formula is C16H16FN3O3S. The monoisotopic (exact) mass is 349 g/mol. The molecule has 0 radical (unpaired) electrons. The number of aliphatic hydroxyl groups is 1. The highest BCUT2D eigenvalue weighted by atomic mass is 32.1. The fourth-order valence-corrected chi connectivity index (χ4v) is 3.24. The molecule has 0 unspecified atom stereocenters. The zero-order valence-electron chi connectivity index (χ0n) is 13.2. The van der Waals surface area contributed by atoms with Gasteiger partial charge in [0.25, 0.3) is 5.95 Å². The molecule has 0 amide bonds. The summed E-state index contributed by atoms with van der Waals surface area (Å²) in [5.74, 6) is 1.20. The number of ether oxygens (including phenoxy) is 2. The lowest BCUT2D eigenvalue weighted by atomic mass is 10.2. The van der Waals surface area contributed by atoms with Crippen LogP contribution in [-0.4, -0.2) is 29.5 Å². The number of halogens is 1. The summed E-state index contributed by atoms with van der Waals surface area (Å²) >= 11 is 1.16. The van der Waals surface area contributed by atoms with Crippen molar-refractivity contribution in [2.45, 2.75) is 13.2 Å². The summed E-state index contributed by atoms with van der Waals surface area (Å²) in [4.78, 5) is 0.656. The first kappa shape index (κ1) is 16.4. The standard InChI is InChI=1S/C16H16FN3O3S/c1-22-10-4-3-9(13(5-10)23-2)7-18-16-12-6-11(8-21)24-14(12)15(17)19-20-16/h3-6,21H,7-8H2,1-2H3,(H,18,20). The van der Waals surface area contributed by atoms with Crippen LogP contribution in [0.2, 0.25) is 0 Å². The molecule has 0 bridgehead atoms. The minimum Gasteiger partial charge on any atom is -0.497 e. The van der Waals surface area contributed by atoms with Crippen molar-refractivity contribution in [3.63, 3.8) is 0 Å². The first-order valence-electron chi connectivity index (χ1n) is 7.16. The molecule has 2 N–H and O–H groups in total. The number of rotatable bonds is 6. The summed E-state index contributed by atoms with van der Waals surface area (Å²) in [5, 5.41) is 20.4. The average molecular weight is 349 g/mol. The number of nitrogens with zero attached hydrogens (tertiary/aromatic N) is 2. The van der Waals surface area contributed by atoms with Crippen LogP contribution in [0.15, 0.2) is 24.3 Å². The van der Waals surface area contributed by atoms with Crippen LogP contribution in [0.5, 0.6) is 11.5 Å². The van der Waals surface area contributed by atoms with E-state index in [-0.39, 0.29) is 6.61 Å². The maximum absolute atomic E-state index is 13.8. The molecule has 0 aliphatic carbocycles. The molecule has 2 heterocycles. The summed E-state index contributed by atoms with van der Waals surface area (Å²) in [5.41, 5.74) is 0.898. The Morgan fingerprint density at radius 1 is 1.21 bits per heavy atom. The second-order valence-corrected chi connectivity index (χ2v) is 6.12. The largest absolute Gasteiger partial charge is 0.497 e. The number of hydrogen-bond donors (Lipinski definition) is 2. The van der Waals surface area contributed by atoms with Crippen LogP contribution >= 0.6 is 11.3 Å². The van der Waals surface area contributed by atoms with Gasteiger partial charge in [-0.15, -0.1) is 21.5 Å². The Kier molecular flexibility index (Phi) is 4.77. The molecule has 0 saturated carbocycles. The SMILES string of the molecule is COc1ccc(CNc2nnc(F)c3sc(CO)cc23)c(OC)c1. The highest BCUT2D eigenvalue weighted by molar-refractivity contribution is 7.19. The van der Waals surface area contributed by atoms with E-state index in [2.05, 4.69) is 15.5 Å². The number of aliphatic hydroxyl groups excluding tert-OH is 1. The number of hydrogen-bond acceptors (Lipinski definition) is 7. The van der Waals surface area contributed by atoms with Gasteiger partial charge in [-0.1, -0.05) is 0 Å². The zero-order valence-corrected chi connectivity index (χ0v) is 14.0. The van der Waals surface area contributed by atoms with E-state index < -0.39 is 5.95 Å². The van der Waals surface area contributed by atoms with E-state index in [4.69, 9.17) is 9.47 Å². The van der Waals surface area contributed by atoms with Gasteiger partial charge in [0.2, 0.25) is 0 Å². The lowest BCUT2D eigenvalue weighted by Crippen LogP contribution is -2.05. The second-order valence-electron chi connectivity index (χ2n) is 4.98. The third-order valence-corrected chi connectivity index (χ3v) is 4.66. The van der Waals surface area contributed by atoms with Gasteiger partial charge in [-0.3, -0.25) is 0 Å². The van der Waals surface area contributed by atoms with Gasteiger partial charge in [-0.05, 0) is 18.2 Å². The minimum absolute atomic E-state index is 0.148. The quantitative estimate of drug-likeness (QED) is 0.713. The summed E-state index contributed by atoms with van der Waals surface area (Å²) < 4.78 is 24.7. The van der Waals surface area contributed by atoms with Crippen LogP contribution in [-0.2, 0) is 13.2 Å². The third kappa shape index (κ3) is 3.10. The number of aromatic nitrogens is 2. The smallest absolute Gasteiger partial charge is 0.251 e. The van der Waals surface area contributed by atoms with Gasteiger partial charge < -0.3 is 19.9 Å². The first-order chi connectivity index (χ1) is 11.7. The number of nitrogens with one attached hydrogen (secondary N) is 1. The molecule has 0 aliphatic rings. The molecule has 1 aromatic carbocycles. The van der Waals surface area contributed by atoms with E-state index in [0.29, 0.717) is 38.8 Å². The Hall–Kier alpha value is -2.45. The van der Waals surface area contributed by atoms with Crippen molar-refractivity contribution in [1.82, 2.24) is 10.2 Å². The highest BCUT2D eigenvalue weighted by Crippen LogP contribution is 2.32. The van der Waals surface area contributed by atoms with E-state index >= 15 is 0 Å². The highest BCUT2D eigenvalue weighted by Gasteiger charge is 2.14. The number of methoxy groups -OCH3 is 2. The Balaban J connectivity index is 1.88.